The average molecular weight is 250 g/mol. The minimum absolute atomic E-state index is 0.153. The van der Waals surface area contributed by atoms with Crippen LogP contribution < -0.4 is 4.74 Å². The second-order valence-corrected chi connectivity index (χ2v) is 3.92. The van der Waals surface area contributed by atoms with Gasteiger partial charge in [0, 0.05) is 6.54 Å². The minimum atomic E-state index is -0.476. The van der Waals surface area contributed by atoms with Crippen LogP contribution in [0.1, 0.15) is 18.9 Å². The highest BCUT2D eigenvalue weighted by atomic mass is 19.1. The molecule has 96 valence electrons. The van der Waals surface area contributed by atoms with Crippen molar-refractivity contribution in [3.8, 4) is 11.5 Å². The summed E-state index contributed by atoms with van der Waals surface area (Å²) in [6, 6.07) is 4.45. The number of aliphatic hydroxyl groups excluding tert-OH is 1. The predicted molar refractivity (Wildman–Crippen MR) is 64.9 cm³/mol. The molecular weight excluding hydrogens is 235 g/mol. The number of nitrogens with zero attached hydrogens (tertiary/aromatic N) is 2. The number of halogens is 1. The molecule has 1 aromatic carbocycles. The molecule has 0 saturated heterocycles. The maximum Gasteiger partial charge on any atom is 0.165 e. The summed E-state index contributed by atoms with van der Waals surface area (Å²) in [4.78, 5) is 0. The smallest absolute Gasteiger partial charge is 0.165 e. The highest BCUT2D eigenvalue weighted by molar-refractivity contribution is 5.37. The van der Waals surface area contributed by atoms with Crippen molar-refractivity contribution >= 4 is 0 Å². The fraction of sp³-hybridized carbons (Fsp3) is 0.308. The Bertz CT molecular complexity index is 525. The highest BCUT2D eigenvalue weighted by Gasteiger charge is 2.10. The number of rotatable bonds is 5. The molecule has 2 aromatic rings. The molecule has 18 heavy (non-hydrogen) atoms. The molecule has 4 nitrogen and oxygen atoms in total. The molecule has 0 aliphatic carbocycles. The molecule has 0 atom stereocenters. The lowest BCUT2D eigenvalue weighted by Gasteiger charge is -2.08. The first-order chi connectivity index (χ1) is 8.74. The van der Waals surface area contributed by atoms with Crippen LogP contribution in [0.5, 0.6) is 11.5 Å². The summed E-state index contributed by atoms with van der Waals surface area (Å²) < 4.78 is 20.7. The summed E-state index contributed by atoms with van der Waals surface area (Å²) in [6.45, 7) is 2.46. The van der Waals surface area contributed by atoms with Gasteiger partial charge in [0.05, 0.1) is 24.6 Å². The Morgan fingerprint density at radius 1 is 1.44 bits per heavy atom. The molecule has 1 aromatic heterocycles. The van der Waals surface area contributed by atoms with Gasteiger partial charge in [0.2, 0.25) is 0 Å². The van der Waals surface area contributed by atoms with Crippen LogP contribution in [0.4, 0.5) is 4.39 Å². The van der Waals surface area contributed by atoms with Gasteiger partial charge in [-0.2, -0.15) is 5.10 Å². The van der Waals surface area contributed by atoms with Gasteiger partial charge in [-0.15, -0.1) is 0 Å². The molecule has 0 amide bonds. The van der Waals surface area contributed by atoms with Gasteiger partial charge in [-0.1, -0.05) is 13.0 Å². The van der Waals surface area contributed by atoms with Gasteiger partial charge >= 0.3 is 0 Å². The number of aliphatic hydroxyl groups is 1. The molecule has 0 aliphatic rings. The van der Waals surface area contributed by atoms with Crippen LogP contribution in [0.3, 0.4) is 0 Å². The number of aryl methyl sites for hydroxylation is 1. The molecule has 0 bridgehead atoms. The molecule has 0 saturated carbocycles. The van der Waals surface area contributed by atoms with Crippen molar-refractivity contribution in [2.45, 2.75) is 26.5 Å². The first-order valence-electron chi connectivity index (χ1n) is 5.83. The molecule has 2 rings (SSSR count). The summed E-state index contributed by atoms with van der Waals surface area (Å²) in [7, 11) is 0. The summed E-state index contributed by atoms with van der Waals surface area (Å²) in [5.74, 6) is 0.369. The average Bonchev–Trinajstić information content (AvgIpc) is 2.77. The van der Waals surface area contributed by atoms with Gasteiger partial charge < -0.3 is 9.84 Å². The first-order valence-corrected chi connectivity index (χ1v) is 5.83. The van der Waals surface area contributed by atoms with Crippen LogP contribution in [-0.4, -0.2) is 14.9 Å². The molecule has 1 heterocycles. The van der Waals surface area contributed by atoms with Gasteiger partial charge in [-0.05, 0) is 18.6 Å². The van der Waals surface area contributed by atoms with Gasteiger partial charge in [0.15, 0.2) is 5.75 Å². The van der Waals surface area contributed by atoms with E-state index in [4.69, 9.17) is 9.84 Å². The Hall–Kier alpha value is -1.88. The van der Waals surface area contributed by atoms with Crippen LogP contribution >= 0.6 is 0 Å². The monoisotopic (exact) mass is 250 g/mol. The van der Waals surface area contributed by atoms with Crippen LogP contribution in [0.15, 0.2) is 30.6 Å². The highest BCUT2D eigenvalue weighted by Crippen LogP contribution is 2.26. The SMILES string of the molecule is CCCn1cc(Oc2cccc(F)c2CO)cn1. The third kappa shape index (κ3) is 2.68. The van der Waals surface area contributed by atoms with Crippen molar-refractivity contribution in [3.05, 3.63) is 42.0 Å². The van der Waals surface area contributed by atoms with E-state index >= 15 is 0 Å². The van der Waals surface area contributed by atoms with E-state index in [9.17, 15) is 4.39 Å². The van der Waals surface area contributed by atoms with E-state index in [-0.39, 0.29) is 5.56 Å². The van der Waals surface area contributed by atoms with Crippen molar-refractivity contribution in [2.24, 2.45) is 0 Å². The van der Waals surface area contributed by atoms with E-state index in [1.807, 2.05) is 0 Å². The van der Waals surface area contributed by atoms with Crippen LogP contribution in [-0.2, 0) is 13.2 Å². The normalized spacial score (nSPS) is 10.6. The van der Waals surface area contributed by atoms with E-state index in [1.165, 1.54) is 6.07 Å². The van der Waals surface area contributed by atoms with Crippen molar-refractivity contribution in [1.82, 2.24) is 9.78 Å². The number of hydrogen-bond acceptors (Lipinski definition) is 3. The van der Waals surface area contributed by atoms with Crippen LogP contribution in [0, 0.1) is 5.82 Å². The molecule has 0 fully saturated rings. The maximum absolute atomic E-state index is 13.4. The summed E-state index contributed by atoms with van der Waals surface area (Å²) in [6.07, 6.45) is 4.29. The predicted octanol–water partition coefficient (Wildman–Crippen LogP) is 2.72. The number of hydrogen-bond donors (Lipinski definition) is 1. The third-order valence-electron chi connectivity index (χ3n) is 2.52. The second-order valence-electron chi connectivity index (χ2n) is 3.92. The third-order valence-corrected chi connectivity index (χ3v) is 2.52. The number of benzene rings is 1. The van der Waals surface area contributed by atoms with Gasteiger partial charge in [-0.25, -0.2) is 4.39 Å². The minimum Gasteiger partial charge on any atom is -0.454 e. The van der Waals surface area contributed by atoms with E-state index < -0.39 is 12.4 Å². The Morgan fingerprint density at radius 3 is 3.00 bits per heavy atom. The molecular formula is C13H15FN2O2. The van der Waals surface area contributed by atoms with Crippen molar-refractivity contribution in [1.29, 1.82) is 0 Å². The lowest BCUT2D eigenvalue weighted by atomic mass is 10.2. The van der Waals surface area contributed by atoms with Gasteiger partial charge in [0.1, 0.15) is 11.6 Å². The van der Waals surface area contributed by atoms with Crippen LogP contribution in [0.25, 0.3) is 0 Å². The first kappa shape index (κ1) is 12.6. The number of aromatic nitrogens is 2. The molecule has 5 heteroatoms. The lowest BCUT2D eigenvalue weighted by molar-refractivity contribution is 0.270. The standard InChI is InChI=1S/C13H15FN2O2/c1-2-6-16-8-10(7-15-16)18-13-5-3-4-12(14)11(13)9-17/h3-5,7-8,17H,2,6,9H2,1H3. The Balaban J connectivity index is 2.20. The molecule has 0 unspecified atom stereocenters. The Morgan fingerprint density at radius 2 is 2.28 bits per heavy atom. The largest absolute Gasteiger partial charge is 0.454 e. The summed E-state index contributed by atoms with van der Waals surface area (Å²) in [5, 5.41) is 13.2. The van der Waals surface area contributed by atoms with E-state index in [0.717, 1.165) is 13.0 Å². The zero-order chi connectivity index (χ0) is 13.0. The van der Waals surface area contributed by atoms with Gasteiger partial charge in [-0.3, -0.25) is 4.68 Å². The van der Waals surface area contributed by atoms with Gasteiger partial charge in [0.25, 0.3) is 0 Å². The topological polar surface area (TPSA) is 47.3 Å². The second kappa shape index (κ2) is 5.64. The number of ether oxygens (including phenoxy) is 1. The van der Waals surface area contributed by atoms with Crippen LogP contribution in [0.2, 0.25) is 0 Å². The molecule has 0 spiro atoms. The van der Waals surface area contributed by atoms with E-state index in [2.05, 4.69) is 12.0 Å². The van der Waals surface area contributed by atoms with Crippen molar-refractivity contribution in [2.75, 3.05) is 0 Å². The zero-order valence-electron chi connectivity index (χ0n) is 10.1. The molecule has 0 radical (unpaired) electrons. The summed E-state index contributed by atoms with van der Waals surface area (Å²) in [5.41, 5.74) is 0.153. The fourth-order valence-electron chi connectivity index (χ4n) is 1.66. The quantitative estimate of drug-likeness (QED) is 0.887. The maximum atomic E-state index is 13.4. The van der Waals surface area contributed by atoms with Crippen molar-refractivity contribution in [3.63, 3.8) is 0 Å². The summed E-state index contributed by atoms with van der Waals surface area (Å²) >= 11 is 0. The zero-order valence-corrected chi connectivity index (χ0v) is 10.1. The van der Waals surface area contributed by atoms with E-state index in [0.29, 0.717) is 11.5 Å². The Labute approximate surface area is 105 Å². The fourth-order valence-corrected chi connectivity index (χ4v) is 1.66. The Kier molecular flexibility index (Phi) is 3.94. The lowest BCUT2D eigenvalue weighted by Crippen LogP contribution is -1.96. The molecule has 0 aliphatic heterocycles. The van der Waals surface area contributed by atoms with Crippen molar-refractivity contribution < 1.29 is 14.2 Å². The molecule has 1 N–H and O–H groups in total. The van der Waals surface area contributed by atoms with E-state index in [1.54, 1.807) is 29.2 Å².